The van der Waals surface area contributed by atoms with E-state index in [4.69, 9.17) is 9.15 Å². The van der Waals surface area contributed by atoms with Crippen LogP contribution in [0.3, 0.4) is 0 Å². The molecule has 0 unspecified atom stereocenters. The van der Waals surface area contributed by atoms with E-state index in [-0.39, 0.29) is 22.5 Å². The predicted octanol–water partition coefficient (Wildman–Crippen LogP) is 0.0917. The molecule has 0 aliphatic carbocycles. The average Bonchev–Trinajstić information content (AvgIpc) is 2.73. The van der Waals surface area contributed by atoms with E-state index in [0.29, 0.717) is 5.56 Å². The van der Waals surface area contributed by atoms with E-state index in [0.717, 1.165) is 12.1 Å². The number of fused-ring (bicyclic) bond motifs is 1. The molecule has 31 heavy (non-hydrogen) atoms. The molecule has 0 bridgehead atoms. The lowest BCUT2D eigenvalue weighted by Gasteiger charge is -2.40. The molecule has 10 heteroatoms. The SMILES string of the molecule is O=c1cc(-c2ccc(O)cc2)oc2cc(O)c([C@@H]3O[C@H](CO)[C@@H](O)[C@H](O)[C@@H]3O)c(O)c12. The Hall–Kier alpha value is -3.15. The topological polar surface area (TPSA) is 181 Å². The summed E-state index contributed by atoms with van der Waals surface area (Å²) in [6.45, 7) is -0.700. The van der Waals surface area contributed by atoms with Crippen LogP contribution >= 0.6 is 0 Å². The van der Waals surface area contributed by atoms with Crippen molar-refractivity contribution in [1.82, 2.24) is 0 Å². The van der Waals surface area contributed by atoms with Crippen LogP contribution in [0.4, 0.5) is 0 Å². The maximum Gasteiger partial charge on any atom is 0.197 e. The van der Waals surface area contributed by atoms with E-state index >= 15 is 0 Å². The van der Waals surface area contributed by atoms with Crippen molar-refractivity contribution in [2.45, 2.75) is 30.5 Å². The fraction of sp³-hybridized carbons (Fsp3) is 0.286. The Bertz CT molecular complexity index is 1170. The van der Waals surface area contributed by atoms with Crippen molar-refractivity contribution in [2.24, 2.45) is 0 Å². The van der Waals surface area contributed by atoms with Gasteiger partial charge in [0.2, 0.25) is 0 Å². The van der Waals surface area contributed by atoms with Crippen molar-refractivity contribution < 1.29 is 44.9 Å². The number of rotatable bonds is 3. The van der Waals surface area contributed by atoms with Crippen molar-refractivity contribution in [2.75, 3.05) is 6.61 Å². The molecule has 1 aliphatic heterocycles. The molecule has 2 aromatic carbocycles. The quantitative estimate of drug-likeness (QED) is 0.300. The van der Waals surface area contributed by atoms with Crippen molar-refractivity contribution >= 4 is 11.0 Å². The minimum Gasteiger partial charge on any atom is -0.508 e. The van der Waals surface area contributed by atoms with Crippen molar-refractivity contribution in [3.8, 4) is 28.6 Å². The fourth-order valence-electron chi connectivity index (χ4n) is 3.69. The number of aromatic hydroxyl groups is 3. The number of aliphatic hydroxyl groups is 4. The summed E-state index contributed by atoms with van der Waals surface area (Å²) in [4.78, 5) is 12.7. The Morgan fingerprint density at radius 1 is 0.903 bits per heavy atom. The largest absolute Gasteiger partial charge is 0.508 e. The van der Waals surface area contributed by atoms with Gasteiger partial charge in [-0.05, 0) is 24.3 Å². The molecule has 4 rings (SSSR count). The Morgan fingerprint density at radius 2 is 1.58 bits per heavy atom. The summed E-state index contributed by atoms with van der Waals surface area (Å²) >= 11 is 0. The van der Waals surface area contributed by atoms with E-state index < -0.39 is 59.6 Å². The molecule has 1 fully saturated rings. The second-order valence-corrected chi connectivity index (χ2v) is 7.30. The maximum absolute atomic E-state index is 12.7. The van der Waals surface area contributed by atoms with Crippen LogP contribution in [0, 0.1) is 0 Å². The van der Waals surface area contributed by atoms with E-state index in [1.807, 2.05) is 0 Å². The minimum absolute atomic E-state index is 0.0198. The third-order valence-electron chi connectivity index (χ3n) is 5.34. The van der Waals surface area contributed by atoms with Crippen LogP contribution in [0.5, 0.6) is 17.2 Å². The number of ether oxygens (including phenoxy) is 1. The first-order valence-electron chi connectivity index (χ1n) is 9.35. The van der Waals surface area contributed by atoms with Crippen LogP contribution in [-0.2, 0) is 4.74 Å². The zero-order valence-electron chi connectivity index (χ0n) is 15.9. The number of phenols is 3. The Labute approximate surface area is 174 Å². The normalized spacial score (nSPS) is 26.3. The predicted molar refractivity (Wildman–Crippen MR) is 106 cm³/mol. The van der Waals surface area contributed by atoms with Gasteiger partial charge >= 0.3 is 0 Å². The van der Waals surface area contributed by atoms with Gasteiger partial charge in [0.25, 0.3) is 0 Å². The third kappa shape index (κ3) is 3.50. The number of hydrogen-bond donors (Lipinski definition) is 7. The molecule has 0 amide bonds. The van der Waals surface area contributed by atoms with Gasteiger partial charge in [-0.15, -0.1) is 0 Å². The van der Waals surface area contributed by atoms with Gasteiger partial charge in [-0.2, -0.15) is 0 Å². The highest BCUT2D eigenvalue weighted by atomic mass is 16.5. The zero-order valence-corrected chi connectivity index (χ0v) is 15.9. The molecule has 0 radical (unpaired) electrons. The van der Waals surface area contributed by atoms with Crippen molar-refractivity contribution in [3.63, 3.8) is 0 Å². The second kappa shape index (κ2) is 7.84. The highest BCUT2D eigenvalue weighted by molar-refractivity contribution is 5.88. The molecule has 1 aromatic heterocycles. The summed E-state index contributed by atoms with van der Waals surface area (Å²) in [6.07, 6.45) is -7.95. The first-order chi connectivity index (χ1) is 14.7. The molecule has 0 spiro atoms. The number of benzene rings is 2. The molecule has 0 saturated carbocycles. The van der Waals surface area contributed by atoms with Gasteiger partial charge in [-0.3, -0.25) is 4.79 Å². The summed E-state index contributed by atoms with van der Waals surface area (Å²) in [5.41, 5.74) is -0.741. The molecule has 10 nitrogen and oxygen atoms in total. The van der Waals surface area contributed by atoms with E-state index in [2.05, 4.69) is 0 Å². The van der Waals surface area contributed by atoms with E-state index in [1.165, 1.54) is 24.3 Å². The van der Waals surface area contributed by atoms with Crippen LogP contribution in [0.25, 0.3) is 22.3 Å². The summed E-state index contributed by atoms with van der Waals surface area (Å²) < 4.78 is 11.0. The van der Waals surface area contributed by atoms with Crippen molar-refractivity contribution in [3.05, 3.63) is 52.2 Å². The van der Waals surface area contributed by atoms with Gasteiger partial charge in [0.15, 0.2) is 5.43 Å². The van der Waals surface area contributed by atoms with Gasteiger partial charge in [0, 0.05) is 17.7 Å². The lowest BCUT2D eigenvalue weighted by Crippen LogP contribution is -2.55. The maximum atomic E-state index is 12.7. The highest BCUT2D eigenvalue weighted by Crippen LogP contribution is 2.44. The second-order valence-electron chi connectivity index (χ2n) is 7.30. The molecule has 1 aliphatic rings. The zero-order chi connectivity index (χ0) is 22.4. The lowest BCUT2D eigenvalue weighted by molar-refractivity contribution is -0.232. The molecular formula is C21H20O10. The summed E-state index contributed by atoms with van der Waals surface area (Å²) in [7, 11) is 0. The van der Waals surface area contributed by atoms with Gasteiger partial charge in [-0.1, -0.05) is 0 Å². The highest BCUT2D eigenvalue weighted by Gasteiger charge is 2.46. The molecule has 164 valence electrons. The lowest BCUT2D eigenvalue weighted by atomic mass is 9.89. The Balaban J connectivity index is 1.85. The molecule has 7 N–H and O–H groups in total. The minimum atomic E-state index is -1.77. The standard InChI is InChI=1S/C21H20O10/c22-7-14-17(26)19(28)20(29)21(31-14)16-11(25)6-13-15(18(16)27)10(24)5-12(30-13)8-1-3-9(23)4-2-8/h1-6,14,17,19-23,25-29H,7H2/t14-,17-,19+,20+,21+/m1/s1. The molecular weight excluding hydrogens is 412 g/mol. The van der Waals surface area contributed by atoms with Gasteiger partial charge in [-0.25, -0.2) is 0 Å². The van der Waals surface area contributed by atoms with E-state index in [9.17, 15) is 40.5 Å². The summed E-state index contributed by atoms with van der Waals surface area (Å²) in [5.74, 6) is -1.19. The molecule has 2 heterocycles. The van der Waals surface area contributed by atoms with Gasteiger partial charge < -0.3 is 44.9 Å². The Morgan fingerprint density at radius 3 is 2.23 bits per heavy atom. The van der Waals surface area contributed by atoms with Gasteiger partial charge in [0.1, 0.15) is 64.5 Å². The third-order valence-corrected chi connectivity index (χ3v) is 5.34. The fourth-order valence-corrected chi connectivity index (χ4v) is 3.69. The van der Waals surface area contributed by atoms with Crippen LogP contribution in [0.2, 0.25) is 0 Å². The molecule has 1 saturated heterocycles. The number of aliphatic hydroxyl groups excluding tert-OH is 4. The van der Waals surface area contributed by atoms with E-state index in [1.54, 1.807) is 0 Å². The number of phenolic OH excluding ortho intramolecular Hbond substituents is 3. The smallest absolute Gasteiger partial charge is 0.197 e. The monoisotopic (exact) mass is 432 g/mol. The average molecular weight is 432 g/mol. The van der Waals surface area contributed by atoms with Crippen LogP contribution in [0.15, 0.2) is 45.6 Å². The summed E-state index contributed by atoms with van der Waals surface area (Å²) in [6, 6.07) is 8.00. The first-order valence-corrected chi connectivity index (χ1v) is 9.35. The van der Waals surface area contributed by atoms with Gasteiger partial charge in [0.05, 0.1) is 12.2 Å². The summed E-state index contributed by atoms with van der Waals surface area (Å²) in [5, 5.41) is 70.0. The Kier molecular flexibility index (Phi) is 5.33. The molecule has 3 aromatic rings. The van der Waals surface area contributed by atoms with Crippen LogP contribution < -0.4 is 5.43 Å². The number of hydrogen-bond acceptors (Lipinski definition) is 10. The first kappa shape index (κ1) is 21.1. The van der Waals surface area contributed by atoms with Crippen LogP contribution in [0.1, 0.15) is 11.7 Å². The van der Waals surface area contributed by atoms with Crippen LogP contribution in [-0.4, -0.2) is 66.8 Å². The van der Waals surface area contributed by atoms with Crippen molar-refractivity contribution in [1.29, 1.82) is 0 Å². The molecule has 5 atom stereocenters.